The zero-order valence-electron chi connectivity index (χ0n) is 14.5. The van der Waals surface area contributed by atoms with E-state index in [1.165, 1.54) is 18.1 Å². The highest BCUT2D eigenvalue weighted by Crippen LogP contribution is 2.50. The molecule has 1 aromatic heterocycles. The van der Waals surface area contributed by atoms with Gasteiger partial charge in [0.05, 0.1) is 13.2 Å². The number of benzene rings is 2. The van der Waals surface area contributed by atoms with Crippen LogP contribution in [0.1, 0.15) is 29.0 Å². The van der Waals surface area contributed by atoms with Gasteiger partial charge >= 0.3 is 5.97 Å². The van der Waals surface area contributed by atoms with Crippen molar-refractivity contribution in [3.63, 3.8) is 0 Å². The van der Waals surface area contributed by atoms with Crippen molar-refractivity contribution in [3.05, 3.63) is 71.4 Å². The quantitative estimate of drug-likeness (QED) is 0.720. The maximum absolute atomic E-state index is 12.7. The fourth-order valence-electron chi connectivity index (χ4n) is 4.40. The van der Waals surface area contributed by atoms with E-state index in [1.807, 2.05) is 41.5 Å². The van der Waals surface area contributed by atoms with Crippen LogP contribution in [-0.4, -0.2) is 29.7 Å². The molecule has 5 heteroatoms. The second-order valence-corrected chi connectivity index (χ2v) is 6.88. The van der Waals surface area contributed by atoms with Crippen LogP contribution < -0.4 is 0 Å². The minimum atomic E-state index is -0.408. The highest BCUT2D eigenvalue weighted by molar-refractivity contribution is 5.86. The Kier molecular flexibility index (Phi) is 3.58. The van der Waals surface area contributed by atoms with Crippen LogP contribution in [0, 0.1) is 5.92 Å². The minimum absolute atomic E-state index is 0.163. The van der Waals surface area contributed by atoms with E-state index in [0.29, 0.717) is 0 Å². The van der Waals surface area contributed by atoms with Gasteiger partial charge in [-0.1, -0.05) is 48.5 Å². The summed E-state index contributed by atoms with van der Waals surface area (Å²) in [4.78, 5) is 22.5. The lowest BCUT2D eigenvalue weighted by molar-refractivity contribution is -0.169. The van der Waals surface area contributed by atoms with Crippen LogP contribution in [0.3, 0.4) is 0 Å². The summed E-state index contributed by atoms with van der Waals surface area (Å²) in [6.45, 7) is 0.760. The topological polar surface area (TPSA) is 54.6 Å². The van der Waals surface area contributed by atoms with E-state index >= 15 is 0 Å². The molecule has 0 unspecified atom stereocenters. The molecule has 26 heavy (non-hydrogen) atoms. The number of rotatable bonds is 2. The number of aromatic nitrogens is 1. The van der Waals surface area contributed by atoms with Gasteiger partial charge in [0.2, 0.25) is 0 Å². The third kappa shape index (κ3) is 2.21. The number of para-hydroxylation sites is 1. The molecule has 5 rings (SSSR count). The summed E-state index contributed by atoms with van der Waals surface area (Å²) in [6.07, 6.45) is 0.552. The first-order valence-electron chi connectivity index (χ1n) is 8.93. The van der Waals surface area contributed by atoms with Crippen molar-refractivity contribution in [2.45, 2.75) is 18.6 Å². The van der Waals surface area contributed by atoms with Gasteiger partial charge in [0.1, 0.15) is 12.0 Å². The number of ether oxygens (including phenoxy) is 1. The first kappa shape index (κ1) is 15.6. The van der Waals surface area contributed by atoms with E-state index < -0.39 is 5.92 Å². The number of hydrogen-bond acceptors (Lipinski definition) is 4. The molecule has 0 aliphatic carbocycles. The van der Waals surface area contributed by atoms with E-state index in [0.717, 1.165) is 29.7 Å². The maximum atomic E-state index is 12.7. The number of carbonyl (C=O) groups is 1. The number of hydrogen-bond donors (Lipinski definition) is 1. The van der Waals surface area contributed by atoms with E-state index in [-0.39, 0.29) is 18.1 Å². The summed E-state index contributed by atoms with van der Waals surface area (Å²) in [7, 11) is 1.45. The summed E-state index contributed by atoms with van der Waals surface area (Å²) in [6, 6.07) is 18.1. The first-order chi connectivity index (χ1) is 12.8. The Hall–Kier alpha value is -2.63. The molecule has 3 atom stereocenters. The molecule has 2 aliphatic heterocycles. The molecule has 3 aromatic rings. The lowest BCUT2D eigenvalue weighted by Gasteiger charge is -2.29. The Morgan fingerprint density at radius 2 is 1.92 bits per heavy atom. The van der Waals surface area contributed by atoms with Crippen LogP contribution in [-0.2, 0) is 20.8 Å². The molecular weight excluding hydrogens is 328 g/mol. The second-order valence-electron chi connectivity index (χ2n) is 6.88. The summed E-state index contributed by atoms with van der Waals surface area (Å²) >= 11 is 0. The maximum Gasteiger partial charge on any atom is 0.313 e. The van der Waals surface area contributed by atoms with Crippen molar-refractivity contribution in [2.75, 3.05) is 13.7 Å². The van der Waals surface area contributed by atoms with E-state index in [2.05, 4.69) is 23.2 Å². The van der Waals surface area contributed by atoms with Gasteiger partial charge in [-0.2, -0.15) is 5.06 Å². The van der Waals surface area contributed by atoms with Crippen LogP contribution in [0.25, 0.3) is 10.9 Å². The van der Waals surface area contributed by atoms with Crippen LogP contribution in [0.2, 0.25) is 0 Å². The highest BCUT2D eigenvalue weighted by atomic mass is 16.7. The summed E-state index contributed by atoms with van der Waals surface area (Å²) in [5, 5.41) is 3.19. The predicted octanol–water partition coefficient (Wildman–Crippen LogP) is 3.54. The third-order valence-corrected chi connectivity index (χ3v) is 5.55. The molecule has 132 valence electrons. The molecule has 0 amide bonds. The summed E-state index contributed by atoms with van der Waals surface area (Å²) < 4.78 is 5.16. The van der Waals surface area contributed by atoms with Gasteiger partial charge in [-0.3, -0.25) is 9.63 Å². The second kappa shape index (κ2) is 5.97. The zero-order valence-corrected chi connectivity index (χ0v) is 14.5. The minimum Gasteiger partial charge on any atom is -0.469 e. The molecule has 0 spiro atoms. The van der Waals surface area contributed by atoms with Gasteiger partial charge in [-0.05, 0) is 23.6 Å². The fourth-order valence-corrected chi connectivity index (χ4v) is 4.40. The number of nitrogens with one attached hydrogen (secondary N) is 1. The summed E-state index contributed by atoms with van der Waals surface area (Å²) in [5.41, 5.74) is 4.46. The Bertz CT molecular complexity index is 966. The van der Waals surface area contributed by atoms with Gasteiger partial charge < -0.3 is 9.72 Å². The fraction of sp³-hybridized carbons (Fsp3) is 0.286. The van der Waals surface area contributed by atoms with Crippen LogP contribution in [0.4, 0.5) is 0 Å². The molecule has 1 N–H and O–H groups in total. The molecule has 2 aliphatic rings. The van der Waals surface area contributed by atoms with Gasteiger partial charge in [0.25, 0.3) is 0 Å². The molecule has 1 fully saturated rings. The molecular formula is C21H20N2O3. The Morgan fingerprint density at radius 1 is 1.15 bits per heavy atom. The Balaban J connectivity index is 1.65. The van der Waals surface area contributed by atoms with Gasteiger partial charge in [-0.25, -0.2) is 0 Å². The van der Waals surface area contributed by atoms with Crippen LogP contribution in [0.15, 0.2) is 54.6 Å². The zero-order chi connectivity index (χ0) is 17.7. The van der Waals surface area contributed by atoms with E-state index in [9.17, 15) is 4.79 Å². The average Bonchev–Trinajstić information content (AvgIpc) is 3.26. The number of fused-ring (bicyclic) bond motifs is 5. The number of esters is 1. The van der Waals surface area contributed by atoms with E-state index in [4.69, 9.17) is 9.57 Å². The van der Waals surface area contributed by atoms with Crippen molar-refractivity contribution < 1.29 is 14.4 Å². The van der Waals surface area contributed by atoms with Gasteiger partial charge in [0, 0.05) is 23.1 Å². The Morgan fingerprint density at radius 3 is 2.73 bits per heavy atom. The largest absolute Gasteiger partial charge is 0.469 e. The summed E-state index contributed by atoms with van der Waals surface area (Å²) in [5.74, 6) is -0.646. The van der Waals surface area contributed by atoms with Crippen molar-refractivity contribution in [3.8, 4) is 0 Å². The smallest absolute Gasteiger partial charge is 0.313 e. The standard InChI is InChI=1S/C21H20N2O3/c1-25-21(24)17-19-18-15(14-9-5-6-10-16(14)22-18)11-12-23(19)26-20(17)13-7-3-2-4-8-13/h2-10,17,19-20,22H,11-12H2,1H3/t17-,19+,20+/m1/s1. The van der Waals surface area contributed by atoms with Crippen LogP contribution in [0.5, 0.6) is 0 Å². The monoisotopic (exact) mass is 348 g/mol. The lowest BCUT2D eigenvalue weighted by Crippen LogP contribution is -2.34. The van der Waals surface area contributed by atoms with Crippen molar-refractivity contribution in [1.82, 2.24) is 10.0 Å². The highest BCUT2D eigenvalue weighted by Gasteiger charge is 2.52. The molecule has 0 saturated carbocycles. The molecule has 5 nitrogen and oxygen atoms in total. The number of H-pyrrole nitrogens is 1. The van der Waals surface area contributed by atoms with E-state index in [1.54, 1.807) is 0 Å². The average molecular weight is 348 g/mol. The van der Waals surface area contributed by atoms with Gasteiger partial charge in [-0.15, -0.1) is 0 Å². The lowest BCUT2D eigenvalue weighted by atomic mass is 9.85. The predicted molar refractivity (Wildman–Crippen MR) is 97.2 cm³/mol. The van der Waals surface area contributed by atoms with Crippen molar-refractivity contribution >= 4 is 16.9 Å². The molecule has 2 aromatic carbocycles. The van der Waals surface area contributed by atoms with Gasteiger partial charge in [0.15, 0.2) is 0 Å². The SMILES string of the molecule is COC(=O)[C@@H]1[C@H]2c3[nH]c4ccccc4c3CCN2O[C@H]1c1ccccc1. The number of carbonyl (C=O) groups excluding carboxylic acids is 1. The van der Waals surface area contributed by atoms with Crippen LogP contribution >= 0.6 is 0 Å². The number of nitrogens with zero attached hydrogens (tertiary/aromatic N) is 1. The van der Waals surface area contributed by atoms with Crippen molar-refractivity contribution in [1.29, 1.82) is 0 Å². The normalized spacial score (nSPS) is 25.0. The molecule has 0 bridgehead atoms. The molecule has 1 saturated heterocycles. The third-order valence-electron chi connectivity index (χ3n) is 5.55. The van der Waals surface area contributed by atoms with Crippen molar-refractivity contribution in [2.24, 2.45) is 5.92 Å². The first-order valence-corrected chi connectivity index (χ1v) is 8.93. The Labute approximate surface area is 151 Å². The molecule has 0 radical (unpaired) electrons. The number of aromatic amines is 1. The molecule has 3 heterocycles. The number of hydroxylamine groups is 2. The number of methoxy groups -OCH3 is 1.